The SMILES string of the molecule is O=C1NCCCn2cc(nn2)CC2(CCN(C(=O)CCOc3ccccc3)CC2)C(=O)N[C@H]1Cc1ccccc1. The van der Waals surface area contributed by atoms with E-state index in [1.165, 1.54) is 0 Å². The molecule has 0 unspecified atom stereocenters. The summed E-state index contributed by atoms with van der Waals surface area (Å²) in [6, 6.07) is 18.4. The fourth-order valence-corrected chi connectivity index (χ4v) is 5.42. The summed E-state index contributed by atoms with van der Waals surface area (Å²) in [6.45, 7) is 2.29. The first kappa shape index (κ1) is 27.4. The standard InChI is InChI=1S/C30H36N6O4/c37-27(12-19-40-25-10-5-2-6-11-25)35-17-13-30(14-18-35)21-24-22-36(34-33-24)16-7-15-31-28(38)26(32-29(30)39)20-23-8-3-1-4-9-23/h1-6,8-11,22,26H,7,12-21H2,(H,31,38)(H,32,39)/t26-/m0/s1. The van der Waals surface area contributed by atoms with Crippen LogP contribution in [0.5, 0.6) is 5.75 Å². The number of hydrogen-bond donors (Lipinski definition) is 2. The second-order valence-corrected chi connectivity index (χ2v) is 10.6. The zero-order valence-electron chi connectivity index (χ0n) is 22.6. The number of carbonyl (C=O) groups is 3. The lowest BCUT2D eigenvalue weighted by Crippen LogP contribution is -2.56. The minimum absolute atomic E-state index is 0.00288. The molecular formula is C30H36N6O4. The molecule has 10 nitrogen and oxygen atoms in total. The molecule has 1 saturated heterocycles. The molecule has 2 aliphatic rings. The summed E-state index contributed by atoms with van der Waals surface area (Å²) in [5.41, 5.74) is 0.909. The molecule has 2 aromatic carbocycles. The van der Waals surface area contributed by atoms with Gasteiger partial charge < -0.3 is 20.3 Å². The van der Waals surface area contributed by atoms with Gasteiger partial charge in [0.15, 0.2) is 0 Å². The van der Waals surface area contributed by atoms with Crippen LogP contribution in [0.25, 0.3) is 0 Å². The van der Waals surface area contributed by atoms with Gasteiger partial charge in [-0.15, -0.1) is 5.10 Å². The van der Waals surface area contributed by atoms with E-state index in [0.29, 0.717) is 64.9 Å². The highest BCUT2D eigenvalue weighted by atomic mass is 16.5. The van der Waals surface area contributed by atoms with Crippen LogP contribution < -0.4 is 15.4 Å². The van der Waals surface area contributed by atoms with Crippen molar-refractivity contribution in [1.82, 2.24) is 30.5 Å². The van der Waals surface area contributed by atoms with Gasteiger partial charge in [-0.2, -0.15) is 0 Å². The molecule has 210 valence electrons. The van der Waals surface area contributed by atoms with Crippen LogP contribution in [-0.2, 0) is 33.8 Å². The Bertz CT molecular complexity index is 1290. The highest BCUT2D eigenvalue weighted by Crippen LogP contribution is 2.36. The van der Waals surface area contributed by atoms with E-state index in [9.17, 15) is 14.4 Å². The van der Waals surface area contributed by atoms with Gasteiger partial charge in [0, 0.05) is 45.2 Å². The van der Waals surface area contributed by atoms with Crippen LogP contribution in [-0.4, -0.2) is 69.9 Å². The normalized spacial score (nSPS) is 19.5. The number of aryl methyl sites for hydroxylation is 1. The maximum absolute atomic E-state index is 14.0. The number of amides is 3. The van der Waals surface area contributed by atoms with Crippen molar-refractivity contribution in [3.05, 3.63) is 78.1 Å². The van der Waals surface area contributed by atoms with Crippen molar-refractivity contribution >= 4 is 17.7 Å². The van der Waals surface area contributed by atoms with Gasteiger partial charge in [-0.1, -0.05) is 53.7 Å². The molecule has 1 fully saturated rings. The first-order valence-corrected chi connectivity index (χ1v) is 14.0. The lowest BCUT2D eigenvalue weighted by atomic mass is 9.73. The Hall–Kier alpha value is -4.21. The number of para-hydroxylation sites is 1. The van der Waals surface area contributed by atoms with E-state index < -0.39 is 11.5 Å². The number of carbonyl (C=O) groups excluding carboxylic acids is 3. The number of nitrogens with zero attached hydrogens (tertiary/aromatic N) is 4. The predicted molar refractivity (Wildman–Crippen MR) is 148 cm³/mol. The Morgan fingerprint density at radius 2 is 1.73 bits per heavy atom. The van der Waals surface area contributed by atoms with E-state index >= 15 is 0 Å². The summed E-state index contributed by atoms with van der Waals surface area (Å²) < 4.78 is 7.46. The number of fused-ring (bicyclic) bond motifs is 2. The monoisotopic (exact) mass is 544 g/mol. The Labute approximate surface area is 234 Å². The van der Waals surface area contributed by atoms with Gasteiger partial charge in [0.05, 0.1) is 24.1 Å². The average molecular weight is 545 g/mol. The van der Waals surface area contributed by atoms with E-state index in [4.69, 9.17) is 4.74 Å². The van der Waals surface area contributed by atoms with Gasteiger partial charge in [-0.3, -0.25) is 19.1 Å². The molecule has 3 amide bonds. The van der Waals surface area contributed by atoms with Crippen LogP contribution in [0.15, 0.2) is 66.9 Å². The van der Waals surface area contributed by atoms with Crippen LogP contribution in [0, 0.1) is 5.41 Å². The molecule has 0 radical (unpaired) electrons. The number of nitrogens with one attached hydrogen (secondary N) is 2. The van der Waals surface area contributed by atoms with E-state index in [1.807, 2.05) is 66.9 Å². The molecule has 2 aliphatic heterocycles. The van der Waals surface area contributed by atoms with Crippen molar-refractivity contribution in [2.24, 2.45) is 5.41 Å². The summed E-state index contributed by atoms with van der Waals surface area (Å²) >= 11 is 0. The molecule has 10 heteroatoms. The van der Waals surface area contributed by atoms with Crippen LogP contribution >= 0.6 is 0 Å². The summed E-state index contributed by atoms with van der Waals surface area (Å²) in [7, 11) is 0. The van der Waals surface area contributed by atoms with Crippen LogP contribution in [0.1, 0.15) is 36.9 Å². The number of hydrogen-bond acceptors (Lipinski definition) is 6. The molecule has 0 saturated carbocycles. The fourth-order valence-electron chi connectivity index (χ4n) is 5.42. The van der Waals surface area contributed by atoms with Crippen molar-refractivity contribution in [1.29, 1.82) is 0 Å². The zero-order chi connectivity index (χ0) is 27.8. The average Bonchev–Trinajstić information content (AvgIpc) is 3.42. The van der Waals surface area contributed by atoms with Gasteiger partial charge in [0.25, 0.3) is 0 Å². The minimum Gasteiger partial charge on any atom is -0.493 e. The third-order valence-electron chi connectivity index (χ3n) is 7.76. The largest absolute Gasteiger partial charge is 0.493 e. The van der Waals surface area contributed by atoms with Gasteiger partial charge in [-0.25, -0.2) is 0 Å². The number of ether oxygens (including phenoxy) is 1. The van der Waals surface area contributed by atoms with E-state index in [0.717, 1.165) is 17.0 Å². The number of benzene rings is 2. The molecule has 0 aliphatic carbocycles. The molecule has 3 aromatic rings. The molecule has 2 N–H and O–H groups in total. The minimum atomic E-state index is -0.804. The van der Waals surface area contributed by atoms with Crippen molar-refractivity contribution in [2.75, 3.05) is 26.2 Å². The van der Waals surface area contributed by atoms with Gasteiger partial charge in [0.2, 0.25) is 17.7 Å². The maximum atomic E-state index is 14.0. The molecule has 5 rings (SSSR count). The summed E-state index contributed by atoms with van der Waals surface area (Å²) in [6.07, 6.45) is 4.59. The fraction of sp³-hybridized carbons (Fsp3) is 0.433. The predicted octanol–water partition coefficient (Wildman–Crippen LogP) is 2.15. The molecular weight excluding hydrogens is 508 g/mol. The van der Waals surface area contributed by atoms with Gasteiger partial charge in [-0.05, 0) is 37.0 Å². The number of likely N-dealkylation sites (tertiary alicyclic amines) is 1. The van der Waals surface area contributed by atoms with Crippen molar-refractivity contribution < 1.29 is 19.1 Å². The Morgan fingerprint density at radius 1 is 1.00 bits per heavy atom. The van der Waals surface area contributed by atoms with Crippen molar-refractivity contribution in [2.45, 2.75) is 51.1 Å². The lowest BCUT2D eigenvalue weighted by Gasteiger charge is -2.41. The Morgan fingerprint density at radius 3 is 2.48 bits per heavy atom. The van der Waals surface area contributed by atoms with Crippen LogP contribution in [0.4, 0.5) is 0 Å². The van der Waals surface area contributed by atoms with Crippen LogP contribution in [0.2, 0.25) is 0 Å². The van der Waals surface area contributed by atoms with Gasteiger partial charge in [0.1, 0.15) is 11.8 Å². The molecule has 2 bridgehead atoms. The zero-order valence-corrected chi connectivity index (χ0v) is 22.6. The molecule has 40 heavy (non-hydrogen) atoms. The van der Waals surface area contributed by atoms with Crippen molar-refractivity contribution in [3.63, 3.8) is 0 Å². The van der Waals surface area contributed by atoms with Crippen molar-refractivity contribution in [3.8, 4) is 5.75 Å². The smallest absolute Gasteiger partial charge is 0.242 e. The first-order chi connectivity index (χ1) is 19.5. The van der Waals surface area contributed by atoms with Crippen LogP contribution in [0.3, 0.4) is 0 Å². The summed E-state index contributed by atoms with van der Waals surface area (Å²) in [4.78, 5) is 41.9. The quantitative estimate of drug-likeness (QED) is 0.491. The van der Waals surface area contributed by atoms with E-state index in [-0.39, 0.29) is 24.1 Å². The first-order valence-electron chi connectivity index (χ1n) is 14.0. The molecule has 1 atom stereocenters. The number of rotatable bonds is 6. The topological polar surface area (TPSA) is 118 Å². The second-order valence-electron chi connectivity index (χ2n) is 10.6. The van der Waals surface area contributed by atoms with Gasteiger partial charge >= 0.3 is 0 Å². The van der Waals surface area contributed by atoms with E-state index in [2.05, 4.69) is 20.9 Å². The Balaban J connectivity index is 1.29. The molecule has 1 spiro atoms. The third-order valence-corrected chi connectivity index (χ3v) is 7.76. The highest BCUT2D eigenvalue weighted by Gasteiger charge is 2.44. The third kappa shape index (κ3) is 6.86. The van der Waals surface area contributed by atoms with E-state index in [1.54, 1.807) is 9.58 Å². The summed E-state index contributed by atoms with van der Waals surface area (Å²) in [5.74, 6) is 0.353. The second kappa shape index (κ2) is 12.8. The maximum Gasteiger partial charge on any atom is 0.242 e. The number of aromatic nitrogens is 3. The summed E-state index contributed by atoms with van der Waals surface area (Å²) in [5, 5.41) is 14.6. The lowest BCUT2D eigenvalue weighted by molar-refractivity contribution is -0.142. The number of piperidine rings is 1. The highest BCUT2D eigenvalue weighted by molar-refractivity contribution is 5.90. The molecule has 3 heterocycles. The Kier molecular flexibility index (Phi) is 8.73. The molecule has 1 aromatic heterocycles.